The molecule has 1 rings (SSSR count). The first-order valence-electron chi connectivity index (χ1n) is 5.90. The average Bonchev–Trinajstić information content (AvgIpc) is 2.37. The number of anilines is 2. The molecule has 0 bridgehead atoms. The van der Waals surface area contributed by atoms with Crippen LogP contribution in [0.4, 0.5) is 17.5 Å². The molecule has 0 aromatic carbocycles. The van der Waals surface area contributed by atoms with E-state index in [9.17, 15) is 10.1 Å². The van der Waals surface area contributed by atoms with E-state index in [-0.39, 0.29) is 29.6 Å². The summed E-state index contributed by atoms with van der Waals surface area (Å²) in [6.45, 7) is 2.52. The molecule has 1 heterocycles. The number of aromatic nitrogens is 2. The topological polar surface area (TPSA) is 131 Å². The van der Waals surface area contributed by atoms with E-state index in [1.165, 1.54) is 14.0 Å². The number of nitriles is 1. The van der Waals surface area contributed by atoms with Gasteiger partial charge in [-0.3, -0.25) is 10.1 Å². The van der Waals surface area contributed by atoms with Crippen LogP contribution in [0.15, 0.2) is 0 Å². The van der Waals surface area contributed by atoms with Crippen LogP contribution in [-0.2, 0) is 4.74 Å². The molecule has 0 saturated carbocycles. The summed E-state index contributed by atoms with van der Waals surface area (Å²) in [7, 11) is 1.52. The van der Waals surface area contributed by atoms with Crippen molar-refractivity contribution in [3.05, 3.63) is 15.8 Å². The Morgan fingerprint density at radius 2 is 2.20 bits per heavy atom. The van der Waals surface area contributed by atoms with E-state index in [0.29, 0.717) is 19.7 Å². The Bertz CT molecular complexity index is 528. The Morgan fingerprint density at radius 1 is 1.50 bits per heavy atom. The van der Waals surface area contributed by atoms with Crippen molar-refractivity contribution >= 4 is 17.5 Å². The number of hydrogen-bond donors (Lipinski definition) is 1. The molecule has 0 amide bonds. The van der Waals surface area contributed by atoms with E-state index in [2.05, 4.69) is 9.97 Å². The van der Waals surface area contributed by atoms with Gasteiger partial charge in [0.15, 0.2) is 0 Å². The fraction of sp³-hybridized carbons (Fsp3) is 0.545. The van der Waals surface area contributed by atoms with Crippen molar-refractivity contribution in [2.45, 2.75) is 13.3 Å². The fourth-order valence-electron chi connectivity index (χ4n) is 1.72. The van der Waals surface area contributed by atoms with Crippen LogP contribution in [0, 0.1) is 28.4 Å². The quantitative estimate of drug-likeness (QED) is 0.568. The number of aryl methyl sites for hydroxylation is 1. The lowest BCUT2D eigenvalue weighted by Gasteiger charge is -2.22. The second-order valence-electron chi connectivity index (χ2n) is 3.98. The highest BCUT2D eigenvalue weighted by Gasteiger charge is 2.25. The summed E-state index contributed by atoms with van der Waals surface area (Å²) in [4.78, 5) is 20.0. The van der Waals surface area contributed by atoms with E-state index < -0.39 is 4.92 Å². The minimum atomic E-state index is -0.545. The molecule has 9 heteroatoms. The molecule has 9 nitrogen and oxygen atoms in total. The van der Waals surface area contributed by atoms with Crippen LogP contribution in [0.2, 0.25) is 0 Å². The van der Waals surface area contributed by atoms with E-state index in [0.717, 1.165) is 0 Å². The predicted octanol–water partition coefficient (Wildman–Crippen LogP) is 0.642. The molecule has 0 radical (unpaired) electrons. The normalized spacial score (nSPS) is 10.1. The lowest BCUT2D eigenvalue weighted by molar-refractivity contribution is -0.385. The first kappa shape index (κ1) is 15.6. The standard InChI is InChI=1S/C11H16N6O3/c1-8-9(17(18)19)10(15-11(13)14-8)16(5-3-4-12)6-7-20-2/h3,5-7H2,1-2H3,(H2,13,14,15). The van der Waals surface area contributed by atoms with E-state index in [1.807, 2.05) is 6.07 Å². The highest BCUT2D eigenvalue weighted by molar-refractivity contribution is 5.62. The van der Waals surface area contributed by atoms with Gasteiger partial charge >= 0.3 is 5.69 Å². The molecule has 20 heavy (non-hydrogen) atoms. The van der Waals surface area contributed by atoms with Crippen molar-refractivity contribution in [3.63, 3.8) is 0 Å². The van der Waals surface area contributed by atoms with Gasteiger partial charge in [-0.2, -0.15) is 10.2 Å². The number of nitrogens with two attached hydrogens (primary N) is 1. The van der Waals surface area contributed by atoms with Crippen LogP contribution < -0.4 is 10.6 Å². The largest absolute Gasteiger partial charge is 0.383 e. The van der Waals surface area contributed by atoms with Crippen LogP contribution >= 0.6 is 0 Å². The summed E-state index contributed by atoms with van der Waals surface area (Å²) in [5.74, 6) is 0.0785. The van der Waals surface area contributed by atoms with Crippen LogP contribution in [-0.4, -0.2) is 41.7 Å². The monoisotopic (exact) mass is 280 g/mol. The molecule has 0 atom stereocenters. The number of methoxy groups -OCH3 is 1. The van der Waals surface area contributed by atoms with Gasteiger partial charge in [0.2, 0.25) is 11.8 Å². The maximum absolute atomic E-state index is 11.2. The molecule has 108 valence electrons. The predicted molar refractivity (Wildman–Crippen MR) is 72.2 cm³/mol. The molecule has 0 unspecified atom stereocenters. The van der Waals surface area contributed by atoms with Crippen molar-refractivity contribution in [2.24, 2.45) is 0 Å². The number of nitro groups is 1. The van der Waals surface area contributed by atoms with E-state index in [1.54, 1.807) is 4.90 Å². The van der Waals surface area contributed by atoms with Gasteiger partial charge in [-0.15, -0.1) is 0 Å². The first-order valence-corrected chi connectivity index (χ1v) is 5.90. The summed E-state index contributed by atoms with van der Waals surface area (Å²) in [5, 5.41) is 19.8. The number of nitrogens with zero attached hydrogens (tertiary/aromatic N) is 5. The summed E-state index contributed by atoms with van der Waals surface area (Å²) >= 11 is 0. The second kappa shape index (κ2) is 7.20. The van der Waals surface area contributed by atoms with Crippen LogP contribution in [0.3, 0.4) is 0 Å². The summed E-state index contributed by atoms with van der Waals surface area (Å²) in [5.41, 5.74) is 5.55. The minimum absolute atomic E-state index is 0.0394. The molecule has 2 N–H and O–H groups in total. The molecule has 0 aliphatic heterocycles. The van der Waals surface area contributed by atoms with Crippen molar-refractivity contribution in [1.82, 2.24) is 9.97 Å². The Balaban J connectivity index is 3.22. The molecular weight excluding hydrogens is 264 g/mol. The summed E-state index contributed by atoms with van der Waals surface area (Å²) in [6.07, 6.45) is 0.212. The van der Waals surface area contributed by atoms with Gasteiger partial charge < -0.3 is 15.4 Å². The zero-order chi connectivity index (χ0) is 15.1. The SMILES string of the molecule is COCCN(CCC#N)c1nc(N)nc(C)c1[N+](=O)[O-]. The Hall–Kier alpha value is -2.47. The summed E-state index contributed by atoms with van der Waals surface area (Å²) in [6, 6.07) is 2.00. The number of hydrogen-bond acceptors (Lipinski definition) is 8. The van der Waals surface area contributed by atoms with Gasteiger partial charge in [-0.05, 0) is 6.92 Å². The zero-order valence-electron chi connectivity index (χ0n) is 11.4. The zero-order valence-corrected chi connectivity index (χ0v) is 11.4. The van der Waals surface area contributed by atoms with Crippen molar-refractivity contribution < 1.29 is 9.66 Å². The molecule has 0 aliphatic rings. The summed E-state index contributed by atoms with van der Waals surface area (Å²) < 4.78 is 4.97. The molecule has 0 aliphatic carbocycles. The number of nitrogen functional groups attached to an aromatic ring is 1. The van der Waals surface area contributed by atoms with Gasteiger partial charge in [0.1, 0.15) is 5.69 Å². The molecule has 0 saturated heterocycles. The molecule has 1 aromatic heterocycles. The third-order valence-corrected chi connectivity index (χ3v) is 2.60. The van der Waals surface area contributed by atoms with Gasteiger partial charge in [0.25, 0.3) is 0 Å². The lowest BCUT2D eigenvalue weighted by Crippen LogP contribution is -2.30. The Kier molecular flexibility index (Phi) is 5.61. The Morgan fingerprint density at radius 3 is 2.75 bits per heavy atom. The van der Waals surface area contributed by atoms with Crippen LogP contribution in [0.25, 0.3) is 0 Å². The van der Waals surface area contributed by atoms with Crippen LogP contribution in [0.1, 0.15) is 12.1 Å². The minimum Gasteiger partial charge on any atom is -0.383 e. The van der Waals surface area contributed by atoms with Gasteiger partial charge in [-0.1, -0.05) is 0 Å². The van der Waals surface area contributed by atoms with Crippen LogP contribution in [0.5, 0.6) is 0 Å². The molecular formula is C11H16N6O3. The lowest BCUT2D eigenvalue weighted by atomic mass is 10.3. The number of rotatable bonds is 7. The van der Waals surface area contributed by atoms with Gasteiger partial charge in [-0.25, -0.2) is 4.98 Å². The molecule has 0 spiro atoms. The molecule has 0 fully saturated rings. The Labute approximate surface area is 116 Å². The van der Waals surface area contributed by atoms with Crippen molar-refractivity contribution in [1.29, 1.82) is 5.26 Å². The van der Waals surface area contributed by atoms with Crippen molar-refractivity contribution in [3.8, 4) is 6.07 Å². The number of ether oxygens (including phenoxy) is 1. The third kappa shape index (κ3) is 3.76. The van der Waals surface area contributed by atoms with Gasteiger partial charge in [0, 0.05) is 20.2 Å². The van der Waals surface area contributed by atoms with E-state index in [4.69, 9.17) is 15.7 Å². The highest BCUT2D eigenvalue weighted by atomic mass is 16.6. The smallest absolute Gasteiger partial charge is 0.332 e. The van der Waals surface area contributed by atoms with E-state index >= 15 is 0 Å². The maximum atomic E-state index is 11.2. The van der Waals surface area contributed by atoms with Gasteiger partial charge in [0.05, 0.1) is 24.0 Å². The highest BCUT2D eigenvalue weighted by Crippen LogP contribution is 2.29. The molecule has 1 aromatic rings. The maximum Gasteiger partial charge on any atom is 0.332 e. The average molecular weight is 280 g/mol. The second-order valence-corrected chi connectivity index (χ2v) is 3.98. The van der Waals surface area contributed by atoms with Crippen molar-refractivity contribution in [2.75, 3.05) is 37.4 Å². The third-order valence-electron chi connectivity index (χ3n) is 2.60. The fourth-order valence-corrected chi connectivity index (χ4v) is 1.72. The first-order chi connectivity index (χ1) is 9.51.